The van der Waals surface area contributed by atoms with E-state index in [9.17, 15) is 25.0 Å². The molecule has 0 spiro atoms. The number of esters is 1. The number of rotatable bonds is 14. The van der Waals surface area contributed by atoms with Crippen LogP contribution in [0.2, 0.25) is 0 Å². The first kappa shape index (κ1) is 30.7. The van der Waals surface area contributed by atoms with Crippen molar-refractivity contribution in [2.45, 2.75) is 56.3 Å². The van der Waals surface area contributed by atoms with Crippen molar-refractivity contribution in [2.75, 3.05) is 13.7 Å². The van der Waals surface area contributed by atoms with Crippen molar-refractivity contribution < 1.29 is 38.3 Å². The van der Waals surface area contributed by atoms with Crippen LogP contribution in [0.3, 0.4) is 0 Å². The minimum atomic E-state index is -2.18. The van der Waals surface area contributed by atoms with Crippen LogP contribution < -0.4 is 0 Å². The first-order valence-electron chi connectivity index (χ1n) is 13.3. The maximum absolute atomic E-state index is 12.5. The van der Waals surface area contributed by atoms with E-state index < -0.39 is 52.3 Å². The molecule has 0 saturated carbocycles. The Kier molecular flexibility index (Phi) is 11.1. The lowest BCUT2D eigenvalue weighted by Gasteiger charge is -2.42. The molecule has 1 fully saturated rings. The van der Waals surface area contributed by atoms with E-state index in [2.05, 4.69) is 4.74 Å². The Bertz CT molecular complexity index is 1300. The summed E-state index contributed by atoms with van der Waals surface area (Å²) in [6.07, 6.45) is -5.32. The Hall–Kier alpha value is -4.23. The van der Waals surface area contributed by atoms with Gasteiger partial charge in [-0.25, -0.2) is 4.79 Å². The Balaban J connectivity index is 1.69. The van der Waals surface area contributed by atoms with E-state index in [-0.39, 0.29) is 26.4 Å². The van der Waals surface area contributed by atoms with Crippen molar-refractivity contribution >= 4 is 5.97 Å². The zero-order valence-electron chi connectivity index (χ0n) is 22.9. The van der Waals surface area contributed by atoms with Gasteiger partial charge in [-0.15, -0.1) is 0 Å². The summed E-state index contributed by atoms with van der Waals surface area (Å²) in [6.45, 7) is 0.0411. The molecule has 1 heterocycles. The molecule has 1 saturated heterocycles. The molecule has 12 heteroatoms. The summed E-state index contributed by atoms with van der Waals surface area (Å²) >= 11 is 0. The maximum Gasteiger partial charge on any atom is 0.384 e. The molecule has 3 aromatic carbocycles. The minimum absolute atomic E-state index is 0.0489. The molecule has 1 aliphatic heterocycles. The molecule has 222 valence electrons. The molecule has 1 aliphatic rings. The van der Waals surface area contributed by atoms with Crippen LogP contribution in [0.1, 0.15) is 16.7 Å². The van der Waals surface area contributed by atoms with Gasteiger partial charge in [-0.2, -0.15) is 0 Å². The van der Waals surface area contributed by atoms with Crippen LogP contribution in [-0.4, -0.2) is 66.0 Å². The van der Waals surface area contributed by atoms with Crippen molar-refractivity contribution in [3.05, 3.63) is 128 Å². The molecule has 6 atom stereocenters. The summed E-state index contributed by atoms with van der Waals surface area (Å²) in [4.78, 5) is 35.5. The fraction of sp³-hybridized carbons (Fsp3) is 0.367. The number of hydrogen-bond acceptors (Lipinski definition) is 10. The summed E-state index contributed by atoms with van der Waals surface area (Å²) in [5.74, 6) is -1.27. The predicted molar refractivity (Wildman–Crippen MR) is 148 cm³/mol. The highest BCUT2D eigenvalue weighted by atomic mass is 16.7. The fourth-order valence-corrected chi connectivity index (χ4v) is 4.84. The lowest BCUT2D eigenvalue weighted by molar-refractivity contribution is -0.592. The Morgan fingerprint density at radius 1 is 0.786 bits per heavy atom. The molecule has 1 unspecified atom stereocenters. The SMILES string of the molecule is COC(=O)C([C@@H]1O[C@H](COCc2ccccc2)[C@H](OCc2ccccc2)[C@H](OCc2ccccc2)[C@H]1[N+](=O)[O-])[N+](=O)[O-]. The second-order valence-corrected chi connectivity index (χ2v) is 9.69. The number of nitro groups is 2. The van der Waals surface area contributed by atoms with Gasteiger partial charge in [0.05, 0.1) is 33.5 Å². The molecule has 0 radical (unpaired) electrons. The van der Waals surface area contributed by atoms with E-state index in [4.69, 9.17) is 18.9 Å². The highest BCUT2D eigenvalue weighted by molar-refractivity contribution is 5.75. The van der Waals surface area contributed by atoms with Gasteiger partial charge in [-0.1, -0.05) is 91.0 Å². The highest BCUT2D eigenvalue weighted by Gasteiger charge is 2.61. The van der Waals surface area contributed by atoms with Gasteiger partial charge in [0, 0.05) is 9.85 Å². The lowest BCUT2D eigenvalue weighted by Crippen LogP contribution is -2.67. The van der Waals surface area contributed by atoms with Crippen molar-refractivity contribution in [1.29, 1.82) is 0 Å². The quantitative estimate of drug-likeness (QED) is 0.157. The molecule has 0 aliphatic carbocycles. The molecule has 12 nitrogen and oxygen atoms in total. The van der Waals surface area contributed by atoms with Gasteiger partial charge in [0.1, 0.15) is 12.2 Å². The van der Waals surface area contributed by atoms with Crippen molar-refractivity contribution in [1.82, 2.24) is 0 Å². The highest BCUT2D eigenvalue weighted by Crippen LogP contribution is 2.32. The molecular weight excluding hydrogens is 548 g/mol. The summed E-state index contributed by atoms with van der Waals surface area (Å²) in [7, 11) is 0.971. The maximum atomic E-state index is 12.5. The molecule has 3 aromatic rings. The second-order valence-electron chi connectivity index (χ2n) is 9.69. The van der Waals surface area contributed by atoms with E-state index in [0.717, 1.165) is 23.8 Å². The molecule has 0 bridgehead atoms. The monoisotopic (exact) mass is 580 g/mol. The van der Waals surface area contributed by atoms with Gasteiger partial charge in [-0.3, -0.25) is 20.2 Å². The van der Waals surface area contributed by atoms with Crippen LogP contribution in [0.5, 0.6) is 0 Å². The molecule has 0 aromatic heterocycles. The third-order valence-corrected chi connectivity index (χ3v) is 6.88. The largest absolute Gasteiger partial charge is 0.464 e. The zero-order valence-corrected chi connectivity index (χ0v) is 22.9. The topological polar surface area (TPSA) is 150 Å². The third-order valence-electron chi connectivity index (χ3n) is 6.88. The summed E-state index contributed by atoms with van der Waals surface area (Å²) in [5, 5.41) is 24.6. The molecule has 4 rings (SSSR count). The van der Waals surface area contributed by atoms with Crippen LogP contribution in [0.15, 0.2) is 91.0 Å². The molecule has 0 amide bonds. The predicted octanol–water partition coefficient (Wildman–Crippen LogP) is 3.61. The van der Waals surface area contributed by atoms with E-state index in [1.807, 2.05) is 66.7 Å². The third kappa shape index (κ3) is 7.95. The van der Waals surface area contributed by atoms with Gasteiger partial charge in [0.15, 0.2) is 6.10 Å². The molecular formula is C30H32N2O10. The number of benzene rings is 3. The summed E-state index contributed by atoms with van der Waals surface area (Å²) in [6, 6.07) is 23.4. The van der Waals surface area contributed by atoms with E-state index in [1.54, 1.807) is 24.3 Å². The number of methoxy groups -OCH3 is 1. The molecule has 42 heavy (non-hydrogen) atoms. The Morgan fingerprint density at radius 3 is 1.71 bits per heavy atom. The first-order valence-corrected chi connectivity index (χ1v) is 13.3. The summed E-state index contributed by atoms with van der Waals surface area (Å²) in [5.41, 5.74) is 2.38. The Morgan fingerprint density at radius 2 is 1.26 bits per heavy atom. The van der Waals surface area contributed by atoms with Crippen LogP contribution in [0.25, 0.3) is 0 Å². The average Bonchev–Trinajstić information content (AvgIpc) is 3.00. The van der Waals surface area contributed by atoms with Gasteiger partial charge in [0.25, 0.3) is 6.04 Å². The van der Waals surface area contributed by atoms with Gasteiger partial charge < -0.3 is 23.7 Å². The number of ether oxygens (including phenoxy) is 5. The van der Waals surface area contributed by atoms with Crippen molar-refractivity contribution in [2.24, 2.45) is 0 Å². The normalized spacial score (nSPS) is 22.6. The number of hydrogen-bond donors (Lipinski definition) is 0. The van der Waals surface area contributed by atoms with E-state index in [1.165, 1.54) is 0 Å². The fourth-order valence-electron chi connectivity index (χ4n) is 4.84. The van der Waals surface area contributed by atoms with Crippen molar-refractivity contribution in [3.63, 3.8) is 0 Å². The number of nitrogens with zero attached hydrogens (tertiary/aromatic N) is 2. The first-order chi connectivity index (χ1) is 20.4. The summed E-state index contributed by atoms with van der Waals surface area (Å²) < 4.78 is 28.9. The van der Waals surface area contributed by atoms with Crippen LogP contribution in [0, 0.1) is 20.2 Å². The number of carbonyl (C=O) groups is 1. The van der Waals surface area contributed by atoms with Gasteiger partial charge in [-0.05, 0) is 16.7 Å². The zero-order chi connectivity index (χ0) is 29.9. The minimum Gasteiger partial charge on any atom is -0.464 e. The molecule has 0 N–H and O–H groups in total. The van der Waals surface area contributed by atoms with Crippen LogP contribution in [0.4, 0.5) is 0 Å². The van der Waals surface area contributed by atoms with Crippen LogP contribution >= 0.6 is 0 Å². The Labute approximate surface area is 242 Å². The second kappa shape index (κ2) is 15.1. The van der Waals surface area contributed by atoms with E-state index >= 15 is 0 Å². The van der Waals surface area contributed by atoms with Gasteiger partial charge in [0.2, 0.25) is 6.10 Å². The standard InChI is InChI=1S/C30H32N2O10/c1-38-30(33)26(32(36)37)28-25(31(34)35)29(41-19-23-15-9-4-10-16-23)27(40-18-22-13-7-3-8-14-22)24(42-28)20-39-17-21-11-5-2-6-12-21/h2-16,24-29H,17-20H2,1H3/t24-,25+,26?,27+,28-,29-/m1/s1. The lowest BCUT2D eigenvalue weighted by atomic mass is 9.89. The smallest absolute Gasteiger partial charge is 0.384 e. The van der Waals surface area contributed by atoms with Crippen molar-refractivity contribution in [3.8, 4) is 0 Å². The average molecular weight is 581 g/mol. The van der Waals surface area contributed by atoms with Crippen LogP contribution in [-0.2, 0) is 48.3 Å². The van der Waals surface area contributed by atoms with E-state index in [0.29, 0.717) is 0 Å². The van der Waals surface area contributed by atoms with Gasteiger partial charge >= 0.3 is 12.0 Å². The number of carbonyl (C=O) groups excluding carboxylic acids is 1.